The number of nitrogens with zero attached hydrogens (tertiary/aromatic N) is 2. The number of pyridine rings is 1. The molecule has 1 aromatic carbocycles. The number of carbonyl (C=O) groups excluding carboxylic acids is 1. The van der Waals surface area contributed by atoms with Gasteiger partial charge in [-0.15, -0.1) is 0 Å². The van der Waals surface area contributed by atoms with Crippen LogP contribution in [0.25, 0.3) is 0 Å². The van der Waals surface area contributed by atoms with Gasteiger partial charge in [-0.25, -0.2) is 9.78 Å². The second-order valence-corrected chi connectivity index (χ2v) is 6.24. The molecule has 2 amide bonds. The maximum absolute atomic E-state index is 11.8. The summed E-state index contributed by atoms with van der Waals surface area (Å²) in [5.41, 5.74) is 0.995. The Hall–Kier alpha value is -2.28. The van der Waals surface area contributed by atoms with Crippen LogP contribution in [-0.4, -0.2) is 38.3 Å². The monoisotopic (exact) mass is 392 g/mol. The van der Waals surface area contributed by atoms with Crippen molar-refractivity contribution in [2.75, 3.05) is 32.1 Å². The molecule has 7 heteroatoms. The summed E-state index contributed by atoms with van der Waals surface area (Å²) in [6.45, 7) is 1.29. The van der Waals surface area contributed by atoms with Crippen molar-refractivity contribution >= 4 is 27.8 Å². The van der Waals surface area contributed by atoms with Crippen molar-refractivity contribution in [3.8, 4) is 5.75 Å². The molecule has 0 aliphatic carbocycles. The number of rotatable bonds is 7. The van der Waals surface area contributed by atoms with Crippen LogP contribution >= 0.6 is 15.9 Å². The van der Waals surface area contributed by atoms with Crippen LogP contribution in [-0.2, 0) is 6.54 Å². The molecule has 0 unspecified atom stereocenters. The molecule has 1 aromatic heterocycles. The standard InChI is InChI=1S/C17H21BrN4O2/c1-22(2)16-11-13(7-8-19-16)12-21-17(23)20-9-10-24-15-5-3-14(18)4-6-15/h3-8,11H,9-10,12H2,1-2H3,(H2,20,21,23). The van der Waals surface area contributed by atoms with Crippen LogP contribution in [0.4, 0.5) is 10.6 Å². The van der Waals surface area contributed by atoms with E-state index in [2.05, 4.69) is 31.5 Å². The molecule has 0 spiro atoms. The Bertz CT molecular complexity index is 662. The number of ether oxygens (including phenoxy) is 1. The zero-order valence-corrected chi connectivity index (χ0v) is 15.3. The zero-order valence-electron chi connectivity index (χ0n) is 13.8. The Morgan fingerprint density at radius 1 is 1.21 bits per heavy atom. The van der Waals surface area contributed by atoms with Gasteiger partial charge in [0, 0.05) is 31.3 Å². The number of urea groups is 1. The molecular formula is C17H21BrN4O2. The average Bonchev–Trinajstić information content (AvgIpc) is 2.58. The Morgan fingerprint density at radius 3 is 2.67 bits per heavy atom. The molecule has 0 fully saturated rings. The molecular weight excluding hydrogens is 372 g/mol. The third kappa shape index (κ3) is 6.08. The molecule has 0 saturated carbocycles. The van der Waals surface area contributed by atoms with Gasteiger partial charge in [-0.2, -0.15) is 0 Å². The van der Waals surface area contributed by atoms with Gasteiger partial charge in [-0.1, -0.05) is 15.9 Å². The lowest BCUT2D eigenvalue weighted by atomic mass is 10.2. The molecule has 0 radical (unpaired) electrons. The molecule has 0 bridgehead atoms. The lowest BCUT2D eigenvalue weighted by Gasteiger charge is -2.13. The summed E-state index contributed by atoms with van der Waals surface area (Å²) in [5, 5.41) is 5.57. The third-order valence-corrected chi connectivity index (χ3v) is 3.72. The van der Waals surface area contributed by atoms with Crippen LogP contribution < -0.4 is 20.3 Å². The van der Waals surface area contributed by atoms with Crippen molar-refractivity contribution in [3.05, 3.63) is 52.6 Å². The van der Waals surface area contributed by atoms with Crippen LogP contribution in [0.15, 0.2) is 47.1 Å². The summed E-state index contributed by atoms with van der Waals surface area (Å²) in [6.07, 6.45) is 1.73. The van der Waals surface area contributed by atoms with Crippen LogP contribution in [0.5, 0.6) is 5.75 Å². The number of nitrogens with one attached hydrogen (secondary N) is 2. The summed E-state index contributed by atoms with van der Waals surface area (Å²) in [5.74, 6) is 1.63. The van der Waals surface area contributed by atoms with Gasteiger partial charge in [0.2, 0.25) is 0 Å². The lowest BCUT2D eigenvalue weighted by Crippen LogP contribution is -2.37. The largest absolute Gasteiger partial charge is 0.492 e. The quantitative estimate of drug-likeness (QED) is 0.710. The van der Waals surface area contributed by atoms with E-state index in [0.29, 0.717) is 19.7 Å². The van der Waals surface area contributed by atoms with E-state index < -0.39 is 0 Å². The van der Waals surface area contributed by atoms with E-state index in [9.17, 15) is 4.79 Å². The fourth-order valence-corrected chi connectivity index (χ4v) is 2.19. The first-order valence-electron chi connectivity index (χ1n) is 7.57. The minimum atomic E-state index is -0.224. The molecule has 24 heavy (non-hydrogen) atoms. The van der Waals surface area contributed by atoms with E-state index in [1.165, 1.54) is 0 Å². The second kappa shape index (κ2) is 9.12. The highest BCUT2D eigenvalue weighted by Crippen LogP contribution is 2.15. The number of carbonyl (C=O) groups is 1. The molecule has 128 valence electrons. The Labute approximate surface area is 150 Å². The minimum absolute atomic E-state index is 0.224. The summed E-state index contributed by atoms with van der Waals surface area (Å²) in [7, 11) is 3.86. The molecule has 0 saturated heterocycles. The molecule has 6 nitrogen and oxygen atoms in total. The lowest BCUT2D eigenvalue weighted by molar-refractivity contribution is 0.236. The highest BCUT2D eigenvalue weighted by molar-refractivity contribution is 9.10. The van der Waals surface area contributed by atoms with Crippen molar-refractivity contribution in [1.29, 1.82) is 0 Å². The van der Waals surface area contributed by atoms with Crippen LogP contribution in [0.2, 0.25) is 0 Å². The highest BCUT2D eigenvalue weighted by atomic mass is 79.9. The average molecular weight is 393 g/mol. The number of hydrogen-bond donors (Lipinski definition) is 2. The van der Waals surface area contributed by atoms with Crippen molar-refractivity contribution in [2.24, 2.45) is 0 Å². The van der Waals surface area contributed by atoms with Gasteiger partial charge in [0.1, 0.15) is 18.2 Å². The van der Waals surface area contributed by atoms with Crippen molar-refractivity contribution in [3.63, 3.8) is 0 Å². The molecule has 0 atom stereocenters. The zero-order chi connectivity index (χ0) is 17.4. The van der Waals surface area contributed by atoms with Crippen molar-refractivity contribution in [1.82, 2.24) is 15.6 Å². The molecule has 2 N–H and O–H groups in total. The van der Waals surface area contributed by atoms with E-state index in [1.807, 2.05) is 55.4 Å². The molecule has 1 heterocycles. The SMILES string of the molecule is CN(C)c1cc(CNC(=O)NCCOc2ccc(Br)cc2)ccn1. The van der Waals surface area contributed by atoms with Crippen molar-refractivity contribution < 1.29 is 9.53 Å². The second-order valence-electron chi connectivity index (χ2n) is 5.33. The first kappa shape index (κ1) is 18.1. The number of benzene rings is 1. The maximum Gasteiger partial charge on any atom is 0.315 e. The fourth-order valence-electron chi connectivity index (χ4n) is 1.92. The van der Waals surface area contributed by atoms with E-state index >= 15 is 0 Å². The Kier molecular flexibility index (Phi) is 6.87. The van der Waals surface area contributed by atoms with Gasteiger partial charge in [0.15, 0.2) is 0 Å². The summed E-state index contributed by atoms with van der Waals surface area (Å²) < 4.78 is 6.54. The van der Waals surface area contributed by atoms with Crippen LogP contribution in [0.1, 0.15) is 5.56 Å². The van der Waals surface area contributed by atoms with E-state index in [4.69, 9.17) is 4.74 Å². The number of anilines is 1. The molecule has 2 rings (SSSR count). The fraction of sp³-hybridized carbons (Fsp3) is 0.294. The Morgan fingerprint density at radius 2 is 1.96 bits per heavy atom. The first-order chi connectivity index (χ1) is 11.5. The van der Waals surface area contributed by atoms with Gasteiger partial charge < -0.3 is 20.3 Å². The number of amides is 2. The van der Waals surface area contributed by atoms with Gasteiger partial charge in [0.05, 0.1) is 6.54 Å². The van der Waals surface area contributed by atoms with E-state index in [0.717, 1.165) is 21.6 Å². The molecule has 0 aliphatic heterocycles. The predicted octanol–water partition coefficient (Wildman–Crippen LogP) is 2.79. The van der Waals surface area contributed by atoms with E-state index in [1.54, 1.807) is 6.20 Å². The third-order valence-electron chi connectivity index (χ3n) is 3.19. The first-order valence-corrected chi connectivity index (χ1v) is 8.36. The van der Waals surface area contributed by atoms with Gasteiger partial charge in [-0.3, -0.25) is 0 Å². The number of hydrogen-bond acceptors (Lipinski definition) is 4. The van der Waals surface area contributed by atoms with Crippen LogP contribution in [0, 0.1) is 0 Å². The van der Waals surface area contributed by atoms with Crippen LogP contribution in [0.3, 0.4) is 0 Å². The summed E-state index contributed by atoms with van der Waals surface area (Å²) >= 11 is 3.37. The predicted molar refractivity (Wildman–Crippen MR) is 98.4 cm³/mol. The van der Waals surface area contributed by atoms with E-state index in [-0.39, 0.29) is 6.03 Å². The normalized spacial score (nSPS) is 10.1. The summed E-state index contributed by atoms with van der Waals surface area (Å²) in [6, 6.07) is 11.2. The minimum Gasteiger partial charge on any atom is -0.492 e. The summed E-state index contributed by atoms with van der Waals surface area (Å²) in [4.78, 5) is 17.9. The highest BCUT2D eigenvalue weighted by Gasteiger charge is 2.03. The molecule has 0 aliphatic rings. The number of aromatic nitrogens is 1. The van der Waals surface area contributed by atoms with Gasteiger partial charge in [-0.05, 0) is 42.0 Å². The maximum atomic E-state index is 11.8. The van der Waals surface area contributed by atoms with Gasteiger partial charge in [0.25, 0.3) is 0 Å². The number of halogens is 1. The molecule has 2 aromatic rings. The van der Waals surface area contributed by atoms with Crippen molar-refractivity contribution in [2.45, 2.75) is 6.54 Å². The smallest absolute Gasteiger partial charge is 0.315 e. The Balaban J connectivity index is 1.66. The van der Waals surface area contributed by atoms with Gasteiger partial charge >= 0.3 is 6.03 Å². The topological polar surface area (TPSA) is 66.5 Å².